The molecule has 5 aliphatic rings. The van der Waals surface area contributed by atoms with Gasteiger partial charge in [0.2, 0.25) is 5.91 Å². The molecule has 0 aromatic rings. The lowest BCUT2D eigenvalue weighted by Gasteiger charge is -2.61. The van der Waals surface area contributed by atoms with Crippen LogP contribution in [-0.4, -0.2) is 37.0 Å². The third kappa shape index (κ3) is 1.49. The molecule has 1 atom stereocenters. The van der Waals surface area contributed by atoms with Gasteiger partial charge in [-0.3, -0.25) is 4.79 Å². The molecule has 1 heterocycles. The van der Waals surface area contributed by atoms with E-state index in [-0.39, 0.29) is 0 Å². The molecule has 5 rings (SSSR count). The van der Waals surface area contributed by atoms with Gasteiger partial charge in [0, 0.05) is 19.6 Å². The molecular weight excluding hydrogens is 224 g/mol. The lowest BCUT2D eigenvalue weighted by atomic mass is 9.47. The van der Waals surface area contributed by atoms with Crippen molar-refractivity contribution in [3.8, 4) is 0 Å². The first kappa shape index (κ1) is 11.3. The van der Waals surface area contributed by atoms with Gasteiger partial charge in [0.15, 0.2) is 0 Å². The first-order valence-corrected chi connectivity index (χ1v) is 7.63. The van der Waals surface area contributed by atoms with Gasteiger partial charge in [-0.15, -0.1) is 0 Å². The normalized spacial score (nSPS) is 50.9. The van der Waals surface area contributed by atoms with E-state index in [9.17, 15) is 4.79 Å². The smallest absolute Gasteiger partial charge is 0.236 e. The minimum atomic E-state index is 0.294. The summed E-state index contributed by atoms with van der Waals surface area (Å²) in [6.45, 7) is 1.56. The second-order valence-corrected chi connectivity index (χ2v) is 7.43. The summed E-state index contributed by atoms with van der Waals surface area (Å²) in [6, 6.07) is 0.465. The Labute approximate surface area is 109 Å². The fraction of sp³-hybridized carbons (Fsp3) is 0.933. The van der Waals surface area contributed by atoms with Crippen molar-refractivity contribution >= 4 is 5.91 Å². The first-order chi connectivity index (χ1) is 8.66. The Morgan fingerprint density at radius 1 is 1.11 bits per heavy atom. The Balaban J connectivity index is 1.65. The second kappa shape index (κ2) is 3.72. The number of carbonyl (C=O) groups is 1. The molecule has 3 nitrogen and oxygen atoms in total. The van der Waals surface area contributed by atoms with E-state index in [0.29, 0.717) is 23.9 Å². The lowest BCUT2D eigenvalue weighted by Crippen LogP contribution is -2.63. The number of nitrogens with zero attached hydrogens (tertiary/aromatic N) is 1. The summed E-state index contributed by atoms with van der Waals surface area (Å²) in [7, 11) is 2.03. The average Bonchev–Trinajstić information content (AvgIpc) is 2.30. The van der Waals surface area contributed by atoms with E-state index in [2.05, 4.69) is 10.2 Å². The van der Waals surface area contributed by atoms with Crippen molar-refractivity contribution in [2.24, 2.45) is 23.2 Å². The number of hydrogen-bond donors (Lipinski definition) is 1. The maximum Gasteiger partial charge on any atom is 0.236 e. The van der Waals surface area contributed by atoms with Gasteiger partial charge < -0.3 is 10.2 Å². The third-order valence-corrected chi connectivity index (χ3v) is 6.27. The van der Waals surface area contributed by atoms with Crippen LogP contribution in [0.2, 0.25) is 0 Å². The zero-order chi connectivity index (χ0) is 12.3. The van der Waals surface area contributed by atoms with E-state index in [1.165, 1.54) is 38.5 Å². The van der Waals surface area contributed by atoms with E-state index in [1.54, 1.807) is 0 Å². The Morgan fingerprint density at radius 2 is 1.67 bits per heavy atom. The Hall–Kier alpha value is -0.570. The van der Waals surface area contributed by atoms with Crippen LogP contribution in [0.3, 0.4) is 0 Å². The van der Waals surface area contributed by atoms with Gasteiger partial charge in [-0.2, -0.15) is 0 Å². The maximum absolute atomic E-state index is 12.0. The van der Waals surface area contributed by atoms with Crippen molar-refractivity contribution in [1.29, 1.82) is 0 Å². The zero-order valence-electron chi connectivity index (χ0n) is 11.3. The summed E-state index contributed by atoms with van der Waals surface area (Å²) >= 11 is 0. The van der Waals surface area contributed by atoms with Crippen molar-refractivity contribution in [1.82, 2.24) is 10.2 Å². The Morgan fingerprint density at radius 3 is 2.22 bits per heavy atom. The van der Waals surface area contributed by atoms with Gasteiger partial charge in [0.05, 0.1) is 6.54 Å². The van der Waals surface area contributed by atoms with E-state index in [1.807, 2.05) is 7.05 Å². The van der Waals surface area contributed by atoms with Crippen molar-refractivity contribution in [3.05, 3.63) is 0 Å². The van der Waals surface area contributed by atoms with Gasteiger partial charge in [-0.25, -0.2) is 0 Å². The summed E-state index contributed by atoms with van der Waals surface area (Å²) in [5.41, 5.74) is 0.465. The van der Waals surface area contributed by atoms with Crippen LogP contribution in [0.5, 0.6) is 0 Å². The van der Waals surface area contributed by atoms with Gasteiger partial charge in [0.25, 0.3) is 0 Å². The van der Waals surface area contributed by atoms with Crippen molar-refractivity contribution in [2.45, 2.75) is 44.6 Å². The summed E-state index contributed by atoms with van der Waals surface area (Å²) in [5, 5.41) is 3.35. The predicted molar refractivity (Wildman–Crippen MR) is 70.0 cm³/mol. The zero-order valence-corrected chi connectivity index (χ0v) is 11.3. The molecule has 1 aliphatic heterocycles. The minimum absolute atomic E-state index is 0.294. The SMILES string of the molecule is CN1C(=O)CNCC1C12CC3CC(CC(C3)C1)C2. The highest BCUT2D eigenvalue weighted by Crippen LogP contribution is 2.61. The Kier molecular flexibility index (Phi) is 2.33. The van der Waals surface area contributed by atoms with Gasteiger partial charge in [-0.1, -0.05) is 0 Å². The molecule has 0 aromatic carbocycles. The first-order valence-electron chi connectivity index (χ1n) is 7.63. The lowest BCUT2D eigenvalue weighted by molar-refractivity contribution is -0.146. The predicted octanol–water partition coefficient (Wildman–Crippen LogP) is 1.63. The molecule has 1 unspecified atom stereocenters. The van der Waals surface area contributed by atoms with Gasteiger partial charge in [-0.05, 0) is 61.7 Å². The molecule has 1 saturated heterocycles. The van der Waals surface area contributed by atoms with Crippen LogP contribution < -0.4 is 5.32 Å². The van der Waals surface area contributed by atoms with Crippen molar-refractivity contribution < 1.29 is 4.79 Å². The van der Waals surface area contributed by atoms with E-state index < -0.39 is 0 Å². The average molecular weight is 248 g/mol. The van der Waals surface area contributed by atoms with Crippen LogP contribution in [0.15, 0.2) is 0 Å². The van der Waals surface area contributed by atoms with E-state index in [0.717, 1.165) is 24.3 Å². The molecular formula is C15H24N2O. The van der Waals surface area contributed by atoms with Crippen LogP contribution in [0, 0.1) is 23.2 Å². The maximum atomic E-state index is 12.0. The van der Waals surface area contributed by atoms with Crippen LogP contribution in [0.1, 0.15) is 38.5 Å². The van der Waals surface area contributed by atoms with Crippen molar-refractivity contribution in [2.75, 3.05) is 20.1 Å². The summed E-state index contributed by atoms with van der Waals surface area (Å²) < 4.78 is 0. The number of piperazine rings is 1. The fourth-order valence-corrected chi connectivity index (χ4v) is 5.96. The monoisotopic (exact) mass is 248 g/mol. The number of rotatable bonds is 1. The van der Waals surface area contributed by atoms with Crippen LogP contribution in [0.25, 0.3) is 0 Å². The third-order valence-electron chi connectivity index (χ3n) is 6.27. The highest BCUT2D eigenvalue weighted by Gasteiger charge is 2.55. The molecule has 100 valence electrons. The second-order valence-electron chi connectivity index (χ2n) is 7.43. The van der Waals surface area contributed by atoms with Gasteiger partial charge in [0.1, 0.15) is 0 Å². The summed E-state index contributed by atoms with van der Waals surface area (Å²) in [5.74, 6) is 3.21. The number of hydrogen-bond acceptors (Lipinski definition) is 2. The topological polar surface area (TPSA) is 32.3 Å². The van der Waals surface area contributed by atoms with E-state index in [4.69, 9.17) is 0 Å². The van der Waals surface area contributed by atoms with Crippen molar-refractivity contribution in [3.63, 3.8) is 0 Å². The molecule has 0 spiro atoms. The largest absolute Gasteiger partial charge is 0.340 e. The van der Waals surface area contributed by atoms with Crippen LogP contribution >= 0.6 is 0 Å². The molecule has 1 N–H and O–H groups in total. The highest BCUT2D eigenvalue weighted by atomic mass is 16.2. The molecule has 4 bridgehead atoms. The molecule has 1 amide bonds. The summed E-state index contributed by atoms with van der Waals surface area (Å²) in [6.07, 6.45) is 8.63. The van der Waals surface area contributed by atoms with Gasteiger partial charge >= 0.3 is 0 Å². The van der Waals surface area contributed by atoms with Crippen LogP contribution in [-0.2, 0) is 4.79 Å². The molecule has 3 heteroatoms. The minimum Gasteiger partial charge on any atom is -0.340 e. The van der Waals surface area contributed by atoms with E-state index >= 15 is 0 Å². The molecule has 5 fully saturated rings. The molecule has 0 radical (unpaired) electrons. The highest BCUT2D eigenvalue weighted by molar-refractivity contribution is 5.79. The van der Waals surface area contributed by atoms with Crippen LogP contribution in [0.4, 0.5) is 0 Å². The molecule has 18 heavy (non-hydrogen) atoms. The number of nitrogens with one attached hydrogen (secondary N) is 1. The molecule has 0 aromatic heterocycles. The number of likely N-dealkylation sites (N-methyl/N-ethyl adjacent to an activating group) is 1. The number of carbonyl (C=O) groups excluding carboxylic acids is 1. The molecule has 4 saturated carbocycles. The summed E-state index contributed by atoms with van der Waals surface area (Å²) in [4.78, 5) is 14.0. The Bertz CT molecular complexity index is 343. The number of amides is 1. The quantitative estimate of drug-likeness (QED) is 0.765. The standard InChI is InChI=1S/C15H24N2O/c1-17-13(8-16-9-14(17)18)15-5-10-2-11(6-15)4-12(3-10)7-15/h10-13,16H,2-9H2,1H3. The molecule has 4 aliphatic carbocycles. The fourth-order valence-electron chi connectivity index (χ4n) is 5.96.